The molecule has 0 spiro atoms. The maximum atomic E-state index is 11.7. The second-order valence-corrected chi connectivity index (χ2v) is 5.39. The lowest BCUT2D eigenvalue weighted by Crippen LogP contribution is -2.33. The van der Waals surface area contributed by atoms with Gasteiger partial charge in [-0.1, -0.05) is 11.6 Å². The van der Waals surface area contributed by atoms with Crippen molar-refractivity contribution in [2.75, 3.05) is 25.1 Å². The Bertz CT molecular complexity index is 566. The lowest BCUT2D eigenvalue weighted by Gasteiger charge is -2.22. The summed E-state index contributed by atoms with van der Waals surface area (Å²) in [5.41, 5.74) is -0.768. The largest absolute Gasteiger partial charge is 0.469 e. The fourth-order valence-electron chi connectivity index (χ4n) is 2.31. The van der Waals surface area contributed by atoms with E-state index in [1.165, 1.54) is 13.2 Å². The summed E-state index contributed by atoms with van der Waals surface area (Å²) in [7, 11) is 1.35. The van der Waals surface area contributed by atoms with Crippen molar-refractivity contribution in [3.8, 4) is 0 Å². The van der Waals surface area contributed by atoms with E-state index in [0.29, 0.717) is 25.3 Å². The van der Waals surface area contributed by atoms with Crippen molar-refractivity contribution in [1.29, 1.82) is 0 Å². The Morgan fingerprint density at radius 2 is 2.35 bits per heavy atom. The van der Waals surface area contributed by atoms with Crippen molar-refractivity contribution >= 4 is 29.1 Å². The molecule has 1 atom stereocenters. The monoisotopic (exact) mass is 299 g/mol. The Morgan fingerprint density at radius 1 is 1.65 bits per heavy atom. The number of ether oxygens (including phenoxy) is 1. The summed E-state index contributed by atoms with van der Waals surface area (Å²) in [6, 6.07) is 1.26. The highest BCUT2D eigenvalue weighted by atomic mass is 35.5. The predicted molar refractivity (Wildman–Crippen MR) is 72.9 cm³/mol. The highest BCUT2D eigenvalue weighted by Gasteiger charge is 2.42. The zero-order valence-corrected chi connectivity index (χ0v) is 11.9. The van der Waals surface area contributed by atoms with Gasteiger partial charge in [-0.25, -0.2) is 4.98 Å². The Balaban J connectivity index is 2.22. The molecule has 1 aromatic heterocycles. The van der Waals surface area contributed by atoms with Crippen LogP contribution in [-0.2, 0) is 9.53 Å². The molecule has 1 aliphatic rings. The minimum absolute atomic E-state index is 0.159. The number of nitro groups is 1. The molecule has 2 heterocycles. The molecule has 1 saturated heterocycles. The second-order valence-electron chi connectivity index (χ2n) is 4.98. The molecule has 0 saturated carbocycles. The smallest absolute Gasteiger partial charge is 0.313 e. The molecular formula is C12H14ClN3O4. The van der Waals surface area contributed by atoms with Crippen molar-refractivity contribution in [3.05, 3.63) is 27.4 Å². The highest BCUT2D eigenvalue weighted by Crippen LogP contribution is 2.36. The molecule has 108 valence electrons. The van der Waals surface area contributed by atoms with E-state index >= 15 is 0 Å². The van der Waals surface area contributed by atoms with E-state index in [-0.39, 0.29) is 16.7 Å². The van der Waals surface area contributed by atoms with E-state index in [4.69, 9.17) is 16.3 Å². The first-order valence-electron chi connectivity index (χ1n) is 6.01. The molecule has 2 rings (SSSR count). The van der Waals surface area contributed by atoms with Gasteiger partial charge in [-0.3, -0.25) is 14.9 Å². The van der Waals surface area contributed by atoms with Crippen LogP contribution in [0.5, 0.6) is 0 Å². The van der Waals surface area contributed by atoms with Gasteiger partial charge in [-0.15, -0.1) is 0 Å². The summed E-state index contributed by atoms with van der Waals surface area (Å²) in [5.74, 6) is 0.169. The summed E-state index contributed by atoms with van der Waals surface area (Å²) in [4.78, 5) is 27.7. The number of pyridine rings is 1. The number of carbonyl (C=O) groups excluding carboxylic acids is 1. The van der Waals surface area contributed by atoms with E-state index in [0.717, 1.165) is 6.20 Å². The summed E-state index contributed by atoms with van der Waals surface area (Å²) < 4.78 is 4.79. The van der Waals surface area contributed by atoms with E-state index < -0.39 is 10.3 Å². The Hall–Kier alpha value is -1.89. The molecule has 1 fully saturated rings. The van der Waals surface area contributed by atoms with Gasteiger partial charge in [0.2, 0.25) is 0 Å². The molecule has 0 amide bonds. The quantitative estimate of drug-likeness (QED) is 0.482. The van der Waals surface area contributed by atoms with Gasteiger partial charge in [0.15, 0.2) is 0 Å². The fraction of sp³-hybridized carbons (Fsp3) is 0.500. The molecule has 0 aromatic carbocycles. The summed E-state index contributed by atoms with van der Waals surface area (Å²) in [6.45, 7) is 2.83. The third kappa shape index (κ3) is 2.53. The molecule has 1 aliphatic heterocycles. The number of esters is 1. The van der Waals surface area contributed by atoms with Crippen LogP contribution in [-0.4, -0.2) is 36.1 Å². The number of halogens is 1. The molecule has 0 bridgehead atoms. The zero-order valence-electron chi connectivity index (χ0n) is 11.1. The van der Waals surface area contributed by atoms with E-state index in [1.54, 1.807) is 0 Å². The van der Waals surface area contributed by atoms with Crippen molar-refractivity contribution in [3.63, 3.8) is 0 Å². The van der Waals surface area contributed by atoms with Crippen LogP contribution in [0, 0.1) is 15.5 Å². The number of aromatic nitrogens is 1. The number of carbonyl (C=O) groups is 1. The average Bonchev–Trinajstić information content (AvgIpc) is 2.81. The minimum atomic E-state index is -0.610. The number of rotatable bonds is 3. The zero-order chi connectivity index (χ0) is 14.9. The van der Waals surface area contributed by atoms with Crippen molar-refractivity contribution < 1.29 is 14.5 Å². The first-order valence-corrected chi connectivity index (χ1v) is 6.38. The summed E-state index contributed by atoms with van der Waals surface area (Å²) in [6.07, 6.45) is 1.78. The first kappa shape index (κ1) is 14.5. The molecule has 0 aliphatic carbocycles. The van der Waals surface area contributed by atoms with E-state index in [1.807, 2.05) is 11.8 Å². The number of methoxy groups -OCH3 is 1. The molecule has 20 heavy (non-hydrogen) atoms. The van der Waals surface area contributed by atoms with Crippen LogP contribution in [0.15, 0.2) is 12.3 Å². The first-order chi connectivity index (χ1) is 9.37. The van der Waals surface area contributed by atoms with Gasteiger partial charge in [-0.05, 0) is 13.3 Å². The third-order valence-electron chi connectivity index (χ3n) is 3.47. The Morgan fingerprint density at radius 3 is 2.90 bits per heavy atom. The molecular weight excluding hydrogens is 286 g/mol. The average molecular weight is 300 g/mol. The van der Waals surface area contributed by atoms with Crippen LogP contribution >= 0.6 is 11.6 Å². The van der Waals surface area contributed by atoms with Gasteiger partial charge >= 0.3 is 5.97 Å². The summed E-state index contributed by atoms with van der Waals surface area (Å²) >= 11 is 6.04. The maximum absolute atomic E-state index is 11.7. The molecule has 8 heteroatoms. The fourth-order valence-corrected chi connectivity index (χ4v) is 2.59. The lowest BCUT2D eigenvalue weighted by molar-refractivity contribution is -0.385. The maximum Gasteiger partial charge on any atom is 0.313 e. The number of anilines is 1. The van der Waals surface area contributed by atoms with Crippen LogP contribution in [0.4, 0.5) is 11.5 Å². The van der Waals surface area contributed by atoms with Crippen molar-refractivity contribution in [2.24, 2.45) is 5.41 Å². The highest BCUT2D eigenvalue weighted by molar-refractivity contribution is 6.33. The predicted octanol–water partition coefficient (Wildman–Crippen LogP) is 2.03. The molecule has 0 N–H and O–H groups in total. The SMILES string of the molecule is COC(=O)C1(C)CCN(c2ncc([N+](=O)[O-])cc2Cl)C1. The van der Waals surface area contributed by atoms with Crippen LogP contribution < -0.4 is 4.90 Å². The number of hydrogen-bond acceptors (Lipinski definition) is 6. The molecule has 1 unspecified atom stereocenters. The van der Waals surface area contributed by atoms with Gasteiger partial charge in [-0.2, -0.15) is 0 Å². The third-order valence-corrected chi connectivity index (χ3v) is 3.75. The Kier molecular flexibility index (Phi) is 3.80. The molecule has 7 nitrogen and oxygen atoms in total. The number of hydrogen-bond donors (Lipinski definition) is 0. The second kappa shape index (κ2) is 5.24. The summed E-state index contributed by atoms with van der Waals surface area (Å²) in [5, 5.41) is 10.9. The normalized spacial score (nSPS) is 21.9. The van der Waals surface area contributed by atoms with Crippen molar-refractivity contribution in [2.45, 2.75) is 13.3 Å². The Labute approximate surface area is 120 Å². The minimum Gasteiger partial charge on any atom is -0.469 e. The lowest BCUT2D eigenvalue weighted by atomic mass is 9.90. The molecule has 0 radical (unpaired) electrons. The van der Waals surface area contributed by atoms with Crippen LogP contribution in [0.1, 0.15) is 13.3 Å². The van der Waals surface area contributed by atoms with Crippen LogP contribution in [0.25, 0.3) is 0 Å². The van der Waals surface area contributed by atoms with E-state index in [2.05, 4.69) is 4.98 Å². The number of nitrogens with zero attached hydrogens (tertiary/aromatic N) is 3. The standard InChI is InChI=1S/C12H14ClN3O4/c1-12(11(17)20-2)3-4-15(7-12)10-9(13)5-8(6-14-10)16(18)19/h5-6H,3-4,7H2,1-2H3. The van der Waals surface area contributed by atoms with Crippen molar-refractivity contribution in [1.82, 2.24) is 4.98 Å². The van der Waals surface area contributed by atoms with Gasteiger partial charge in [0.25, 0.3) is 5.69 Å². The van der Waals surface area contributed by atoms with Crippen LogP contribution in [0.2, 0.25) is 5.02 Å². The van der Waals surface area contributed by atoms with E-state index in [9.17, 15) is 14.9 Å². The van der Waals surface area contributed by atoms with Gasteiger partial charge in [0, 0.05) is 19.2 Å². The topological polar surface area (TPSA) is 85.6 Å². The van der Waals surface area contributed by atoms with Crippen LogP contribution in [0.3, 0.4) is 0 Å². The molecule has 1 aromatic rings. The van der Waals surface area contributed by atoms with Gasteiger partial charge in [0.05, 0.1) is 22.5 Å². The van der Waals surface area contributed by atoms with Gasteiger partial charge < -0.3 is 9.64 Å². The van der Waals surface area contributed by atoms with Gasteiger partial charge in [0.1, 0.15) is 12.0 Å².